The van der Waals surface area contributed by atoms with Crippen molar-refractivity contribution >= 4 is 45.5 Å². The van der Waals surface area contributed by atoms with E-state index in [1.54, 1.807) is 27.8 Å². The summed E-state index contributed by atoms with van der Waals surface area (Å²) in [5.74, 6) is 0.133. The second kappa shape index (κ2) is 10.4. The molecular formula is C13H19N3O3S2. The summed E-state index contributed by atoms with van der Waals surface area (Å²) in [5.41, 5.74) is 2.47. The zero-order valence-corrected chi connectivity index (χ0v) is 13.5. The van der Waals surface area contributed by atoms with Gasteiger partial charge in [0.05, 0.1) is 0 Å². The Morgan fingerprint density at radius 2 is 2.00 bits per heavy atom. The van der Waals surface area contributed by atoms with E-state index in [0.717, 1.165) is 12.2 Å². The van der Waals surface area contributed by atoms with Gasteiger partial charge in [-0.3, -0.25) is 19.3 Å². The number of imide groups is 1. The Bertz CT molecular complexity index is 420. The van der Waals surface area contributed by atoms with Gasteiger partial charge in [-0.1, -0.05) is 28.0 Å². The first kappa shape index (κ1) is 17.8. The average molecular weight is 329 g/mol. The van der Waals surface area contributed by atoms with Crippen molar-refractivity contribution in [1.29, 1.82) is 0 Å². The van der Waals surface area contributed by atoms with Crippen LogP contribution in [0.3, 0.4) is 0 Å². The minimum atomic E-state index is -0.254. The number of nitrogens with zero attached hydrogens (tertiary/aromatic N) is 2. The molecule has 0 saturated carbocycles. The van der Waals surface area contributed by atoms with Gasteiger partial charge in [-0.15, -0.1) is 0 Å². The summed E-state index contributed by atoms with van der Waals surface area (Å²) in [6.07, 6.45) is 8.81. The van der Waals surface area contributed by atoms with Gasteiger partial charge in [-0.25, -0.2) is 5.43 Å². The van der Waals surface area contributed by atoms with Crippen LogP contribution in [0.4, 0.5) is 0 Å². The van der Waals surface area contributed by atoms with E-state index in [1.807, 2.05) is 6.26 Å². The van der Waals surface area contributed by atoms with Crippen LogP contribution in [0.15, 0.2) is 17.3 Å². The maximum atomic E-state index is 11.4. The Morgan fingerprint density at radius 1 is 1.29 bits per heavy atom. The fourth-order valence-electron chi connectivity index (χ4n) is 1.69. The van der Waals surface area contributed by atoms with Gasteiger partial charge in [-0.2, -0.15) is 5.10 Å². The Morgan fingerprint density at radius 3 is 2.67 bits per heavy atom. The number of amides is 3. The zero-order chi connectivity index (χ0) is 15.5. The fourth-order valence-corrected chi connectivity index (χ4v) is 2.56. The predicted octanol–water partition coefficient (Wildman–Crippen LogP) is 1.58. The zero-order valence-electron chi connectivity index (χ0n) is 11.9. The Labute approximate surface area is 132 Å². The highest BCUT2D eigenvalue weighted by molar-refractivity contribution is 8.76. The van der Waals surface area contributed by atoms with Crippen LogP contribution in [0.5, 0.6) is 0 Å². The first-order valence-electron chi connectivity index (χ1n) is 6.64. The summed E-state index contributed by atoms with van der Waals surface area (Å²) < 4.78 is 0. The topological polar surface area (TPSA) is 78.8 Å². The molecule has 1 aliphatic heterocycles. The van der Waals surface area contributed by atoms with Gasteiger partial charge in [0.1, 0.15) is 0 Å². The molecule has 6 nitrogen and oxygen atoms in total. The van der Waals surface area contributed by atoms with Crippen LogP contribution in [-0.2, 0) is 14.4 Å². The first-order chi connectivity index (χ1) is 10.1. The Kier molecular flexibility index (Phi) is 8.84. The average Bonchev–Trinajstić information content (AvgIpc) is 2.78. The molecule has 0 atom stereocenters. The third kappa shape index (κ3) is 7.33. The van der Waals surface area contributed by atoms with Gasteiger partial charge in [0.15, 0.2) is 0 Å². The van der Waals surface area contributed by atoms with Crippen LogP contribution in [0.2, 0.25) is 0 Å². The Hall–Kier alpha value is -1.28. The van der Waals surface area contributed by atoms with Crippen LogP contribution in [0.25, 0.3) is 0 Å². The molecule has 1 aliphatic rings. The summed E-state index contributed by atoms with van der Waals surface area (Å²) in [6, 6.07) is 0. The van der Waals surface area contributed by atoms with Gasteiger partial charge in [0, 0.05) is 37.1 Å². The second-order valence-corrected chi connectivity index (χ2v) is 6.88. The third-order valence-electron chi connectivity index (χ3n) is 2.73. The molecule has 0 aromatic carbocycles. The van der Waals surface area contributed by atoms with Gasteiger partial charge >= 0.3 is 0 Å². The highest BCUT2D eigenvalue weighted by atomic mass is 33.1. The second-order valence-electron chi connectivity index (χ2n) is 4.27. The predicted molar refractivity (Wildman–Crippen MR) is 86.9 cm³/mol. The molecular weight excluding hydrogens is 310 g/mol. The number of hydrogen-bond donors (Lipinski definition) is 1. The largest absolute Gasteiger partial charge is 0.275 e. The van der Waals surface area contributed by atoms with E-state index < -0.39 is 0 Å². The lowest BCUT2D eigenvalue weighted by atomic mass is 10.2. The third-order valence-corrected chi connectivity index (χ3v) is 4.36. The minimum absolute atomic E-state index is 0.115. The van der Waals surface area contributed by atoms with Gasteiger partial charge in [-0.05, 0) is 19.1 Å². The van der Waals surface area contributed by atoms with Crippen molar-refractivity contribution in [3.63, 3.8) is 0 Å². The molecule has 0 fully saturated rings. The summed E-state index contributed by atoms with van der Waals surface area (Å²) in [4.78, 5) is 35.2. The summed E-state index contributed by atoms with van der Waals surface area (Å²) in [6.45, 7) is 0.413. The van der Waals surface area contributed by atoms with E-state index in [2.05, 4.69) is 10.5 Å². The molecule has 0 aromatic heterocycles. The molecule has 0 radical (unpaired) electrons. The molecule has 0 spiro atoms. The molecule has 0 unspecified atom stereocenters. The van der Waals surface area contributed by atoms with Crippen molar-refractivity contribution < 1.29 is 14.4 Å². The number of hydrogen-bond acceptors (Lipinski definition) is 6. The molecule has 0 bridgehead atoms. The molecule has 3 amide bonds. The van der Waals surface area contributed by atoms with E-state index in [4.69, 9.17) is 0 Å². The standard InChI is InChI=1S/C13H19N3O3S2/c1-20-21-10-8-14-15-11(17)5-3-2-4-9-16-12(18)6-7-13(16)19/h6-8H,2-5,9-10H2,1H3,(H,15,17)/b14-8+. The monoisotopic (exact) mass is 329 g/mol. The smallest absolute Gasteiger partial charge is 0.253 e. The number of nitrogens with one attached hydrogen (secondary N) is 1. The first-order valence-corrected chi connectivity index (χ1v) is 9.37. The maximum absolute atomic E-state index is 11.4. The van der Waals surface area contributed by atoms with Crippen LogP contribution >= 0.6 is 21.6 Å². The quantitative estimate of drug-likeness (QED) is 0.216. The molecule has 8 heteroatoms. The van der Waals surface area contributed by atoms with Crippen LogP contribution in [0.1, 0.15) is 25.7 Å². The SMILES string of the molecule is CSSC/C=N/NC(=O)CCCCCN1C(=O)C=CC1=O. The molecule has 0 aliphatic carbocycles. The Balaban J connectivity index is 2.01. The van der Waals surface area contributed by atoms with Crippen molar-refractivity contribution in [2.45, 2.75) is 25.7 Å². The number of carbonyl (C=O) groups excluding carboxylic acids is 3. The lowest BCUT2D eigenvalue weighted by Gasteiger charge is -2.12. The number of rotatable bonds is 10. The molecule has 1 heterocycles. The van der Waals surface area contributed by atoms with Crippen LogP contribution in [-0.4, -0.2) is 47.4 Å². The minimum Gasteiger partial charge on any atom is -0.275 e. The normalized spacial score (nSPS) is 14.4. The summed E-state index contributed by atoms with van der Waals surface area (Å²) >= 11 is 0. The van der Waals surface area contributed by atoms with Crippen molar-refractivity contribution in [2.24, 2.45) is 5.10 Å². The highest BCUT2D eigenvalue weighted by Gasteiger charge is 2.22. The molecule has 0 aromatic rings. The van der Waals surface area contributed by atoms with Crippen molar-refractivity contribution in [3.8, 4) is 0 Å². The lowest BCUT2D eigenvalue weighted by molar-refractivity contribution is -0.136. The number of hydrazone groups is 1. The van der Waals surface area contributed by atoms with E-state index in [1.165, 1.54) is 17.1 Å². The molecule has 21 heavy (non-hydrogen) atoms. The molecule has 1 N–H and O–H groups in total. The molecule has 1 rings (SSSR count). The van der Waals surface area contributed by atoms with Gasteiger partial charge in [0.2, 0.25) is 5.91 Å². The van der Waals surface area contributed by atoms with E-state index in [9.17, 15) is 14.4 Å². The molecule has 116 valence electrons. The number of unbranched alkanes of at least 4 members (excludes halogenated alkanes) is 2. The summed E-state index contributed by atoms with van der Waals surface area (Å²) in [7, 11) is 3.29. The lowest BCUT2D eigenvalue weighted by Crippen LogP contribution is -2.30. The van der Waals surface area contributed by atoms with Gasteiger partial charge in [0.25, 0.3) is 11.8 Å². The van der Waals surface area contributed by atoms with Crippen molar-refractivity contribution in [1.82, 2.24) is 10.3 Å². The van der Waals surface area contributed by atoms with E-state index in [-0.39, 0.29) is 17.7 Å². The fraction of sp³-hybridized carbons (Fsp3) is 0.538. The highest BCUT2D eigenvalue weighted by Crippen LogP contribution is 2.14. The van der Waals surface area contributed by atoms with Crippen molar-refractivity contribution in [2.75, 3.05) is 18.6 Å². The van der Waals surface area contributed by atoms with Crippen LogP contribution < -0.4 is 5.43 Å². The summed E-state index contributed by atoms with van der Waals surface area (Å²) in [5, 5.41) is 3.83. The molecule has 0 saturated heterocycles. The maximum Gasteiger partial charge on any atom is 0.253 e. The van der Waals surface area contributed by atoms with Gasteiger partial charge < -0.3 is 0 Å². The van der Waals surface area contributed by atoms with E-state index in [0.29, 0.717) is 25.8 Å². The number of carbonyl (C=O) groups is 3. The van der Waals surface area contributed by atoms with E-state index >= 15 is 0 Å². The van der Waals surface area contributed by atoms with Crippen molar-refractivity contribution in [3.05, 3.63) is 12.2 Å². The van der Waals surface area contributed by atoms with Crippen LogP contribution in [0, 0.1) is 0 Å².